The molecular formula is C10H8IN3O. The van der Waals surface area contributed by atoms with Crippen molar-refractivity contribution in [2.24, 2.45) is 0 Å². The number of hydrogen-bond acceptors (Lipinski definition) is 3. The maximum Gasteiger partial charge on any atom is 0.266 e. The number of halogens is 1. The van der Waals surface area contributed by atoms with Crippen molar-refractivity contribution in [2.75, 3.05) is 5.32 Å². The van der Waals surface area contributed by atoms with Crippen LogP contribution in [-0.2, 0) is 0 Å². The Morgan fingerprint density at radius 2 is 2.00 bits per heavy atom. The van der Waals surface area contributed by atoms with Crippen LogP contribution in [-0.4, -0.2) is 9.97 Å². The fourth-order valence-electron chi connectivity index (χ4n) is 1.13. The van der Waals surface area contributed by atoms with Gasteiger partial charge < -0.3 is 10.3 Å². The molecule has 0 fully saturated rings. The van der Waals surface area contributed by atoms with Gasteiger partial charge >= 0.3 is 0 Å². The van der Waals surface area contributed by atoms with E-state index in [0.29, 0.717) is 9.39 Å². The molecular weight excluding hydrogens is 305 g/mol. The summed E-state index contributed by atoms with van der Waals surface area (Å²) >= 11 is 1.96. The van der Waals surface area contributed by atoms with Gasteiger partial charge in [-0.15, -0.1) is 0 Å². The van der Waals surface area contributed by atoms with Gasteiger partial charge in [-0.1, -0.05) is 18.2 Å². The molecule has 1 heterocycles. The molecule has 0 radical (unpaired) electrons. The number of rotatable bonds is 2. The van der Waals surface area contributed by atoms with Gasteiger partial charge in [0.2, 0.25) is 0 Å². The van der Waals surface area contributed by atoms with Gasteiger partial charge in [0.05, 0.1) is 6.33 Å². The zero-order valence-corrected chi connectivity index (χ0v) is 9.86. The molecule has 0 atom stereocenters. The van der Waals surface area contributed by atoms with E-state index in [1.807, 2.05) is 52.9 Å². The Hall–Kier alpha value is -1.37. The first-order valence-corrected chi connectivity index (χ1v) is 5.40. The summed E-state index contributed by atoms with van der Waals surface area (Å²) in [7, 11) is 0. The van der Waals surface area contributed by atoms with E-state index in [1.165, 1.54) is 6.33 Å². The van der Waals surface area contributed by atoms with Gasteiger partial charge in [0.15, 0.2) is 5.82 Å². The van der Waals surface area contributed by atoms with Crippen molar-refractivity contribution in [3.63, 3.8) is 0 Å². The van der Waals surface area contributed by atoms with Crippen LogP contribution in [0.3, 0.4) is 0 Å². The Morgan fingerprint density at radius 1 is 1.27 bits per heavy atom. The monoisotopic (exact) mass is 313 g/mol. The van der Waals surface area contributed by atoms with Crippen molar-refractivity contribution in [3.05, 3.63) is 50.6 Å². The van der Waals surface area contributed by atoms with E-state index < -0.39 is 0 Å². The summed E-state index contributed by atoms with van der Waals surface area (Å²) in [6, 6.07) is 9.60. The predicted octanol–water partition coefficient (Wildman–Crippen LogP) is 2.12. The largest absolute Gasteiger partial charge is 0.339 e. The molecule has 0 bridgehead atoms. The summed E-state index contributed by atoms with van der Waals surface area (Å²) < 4.78 is 0.555. The quantitative estimate of drug-likeness (QED) is 0.835. The zero-order valence-electron chi connectivity index (χ0n) is 7.70. The number of H-pyrrole nitrogens is 1. The van der Waals surface area contributed by atoms with Gasteiger partial charge in [-0.2, -0.15) is 0 Å². The molecule has 0 spiro atoms. The van der Waals surface area contributed by atoms with Crippen molar-refractivity contribution < 1.29 is 0 Å². The summed E-state index contributed by atoms with van der Waals surface area (Å²) in [5, 5.41) is 3.07. The molecule has 0 amide bonds. The summed E-state index contributed by atoms with van der Waals surface area (Å²) in [5.74, 6) is 0.575. The molecule has 0 aliphatic carbocycles. The topological polar surface area (TPSA) is 57.8 Å². The first kappa shape index (κ1) is 10.2. The lowest BCUT2D eigenvalue weighted by molar-refractivity contribution is 1.10. The molecule has 0 saturated heterocycles. The Morgan fingerprint density at radius 3 is 2.73 bits per heavy atom. The Kier molecular flexibility index (Phi) is 3.00. The maximum atomic E-state index is 11.3. The second kappa shape index (κ2) is 4.43. The second-order valence-electron chi connectivity index (χ2n) is 2.89. The molecule has 15 heavy (non-hydrogen) atoms. The lowest BCUT2D eigenvalue weighted by Gasteiger charge is -2.05. The summed E-state index contributed by atoms with van der Waals surface area (Å²) in [6.07, 6.45) is 1.38. The highest BCUT2D eigenvalue weighted by Crippen LogP contribution is 2.16. The number of anilines is 2. The highest BCUT2D eigenvalue weighted by atomic mass is 127. The van der Waals surface area contributed by atoms with Crippen LogP contribution < -0.4 is 10.9 Å². The summed E-state index contributed by atoms with van der Waals surface area (Å²) in [5.41, 5.74) is 0.776. The number of benzene rings is 1. The number of nitrogens with one attached hydrogen (secondary N) is 2. The molecule has 0 aliphatic rings. The fourth-order valence-corrected chi connectivity index (χ4v) is 1.56. The average Bonchev–Trinajstić information content (AvgIpc) is 2.26. The third-order valence-electron chi connectivity index (χ3n) is 1.83. The Labute approximate surface area is 99.9 Å². The molecule has 5 heteroatoms. The molecule has 0 aliphatic heterocycles. The van der Waals surface area contributed by atoms with Gasteiger partial charge in [-0.3, -0.25) is 4.79 Å². The standard InChI is InChI=1S/C10H8IN3O/c11-8-9(12-6-13-10(8)15)14-7-4-2-1-3-5-7/h1-6H,(H2,12,13,14,15). The van der Waals surface area contributed by atoms with E-state index in [-0.39, 0.29) is 5.56 Å². The minimum absolute atomic E-state index is 0.135. The van der Waals surface area contributed by atoms with E-state index in [0.717, 1.165) is 5.69 Å². The number of hydrogen-bond donors (Lipinski definition) is 2. The zero-order chi connectivity index (χ0) is 10.7. The van der Waals surface area contributed by atoms with Crippen molar-refractivity contribution in [1.29, 1.82) is 0 Å². The lowest BCUT2D eigenvalue weighted by atomic mass is 10.3. The Bertz CT molecular complexity index is 510. The van der Waals surface area contributed by atoms with Crippen LogP contribution >= 0.6 is 22.6 Å². The van der Waals surface area contributed by atoms with Crippen molar-refractivity contribution in [2.45, 2.75) is 0 Å². The fraction of sp³-hybridized carbons (Fsp3) is 0. The maximum absolute atomic E-state index is 11.3. The van der Waals surface area contributed by atoms with Crippen molar-refractivity contribution in [1.82, 2.24) is 9.97 Å². The molecule has 76 valence electrons. The van der Waals surface area contributed by atoms with E-state index in [4.69, 9.17) is 0 Å². The number of nitrogens with zero attached hydrogens (tertiary/aromatic N) is 1. The number of aromatic amines is 1. The first-order chi connectivity index (χ1) is 7.27. The van der Waals surface area contributed by atoms with Crippen LogP contribution in [0, 0.1) is 3.57 Å². The van der Waals surface area contributed by atoms with Crippen LogP contribution in [0.4, 0.5) is 11.5 Å². The highest BCUT2D eigenvalue weighted by molar-refractivity contribution is 14.1. The third kappa shape index (κ3) is 2.35. The molecule has 1 aromatic carbocycles. The van der Waals surface area contributed by atoms with E-state index >= 15 is 0 Å². The van der Waals surface area contributed by atoms with E-state index in [2.05, 4.69) is 15.3 Å². The number of para-hydroxylation sites is 1. The summed E-state index contributed by atoms with van der Waals surface area (Å²) in [6.45, 7) is 0. The minimum atomic E-state index is -0.135. The number of aromatic nitrogens is 2. The van der Waals surface area contributed by atoms with Gasteiger partial charge in [-0.05, 0) is 34.7 Å². The van der Waals surface area contributed by atoms with E-state index in [9.17, 15) is 4.79 Å². The predicted molar refractivity (Wildman–Crippen MR) is 67.3 cm³/mol. The van der Waals surface area contributed by atoms with Crippen molar-refractivity contribution >= 4 is 34.1 Å². The molecule has 4 nitrogen and oxygen atoms in total. The SMILES string of the molecule is O=c1[nH]cnc(Nc2ccccc2)c1I. The summed E-state index contributed by atoms with van der Waals surface area (Å²) in [4.78, 5) is 17.9. The molecule has 1 aromatic heterocycles. The minimum Gasteiger partial charge on any atom is -0.339 e. The van der Waals surface area contributed by atoms with Crippen LogP contribution in [0.25, 0.3) is 0 Å². The molecule has 2 N–H and O–H groups in total. The van der Waals surface area contributed by atoms with Gasteiger partial charge in [-0.25, -0.2) is 4.98 Å². The highest BCUT2D eigenvalue weighted by Gasteiger charge is 2.04. The van der Waals surface area contributed by atoms with Gasteiger partial charge in [0.1, 0.15) is 3.57 Å². The third-order valence-corrected chi connectivity index (χ3v) is 2.83. The average molecular weight is 313 g/mol. The van der Waals surface area contributed by atoms with Gasteiger partial charge in [0.25, 0.3) is 5.56 Å². The molecule has 2 aromatic rings. The van der Waals surface area contributed by atoms with Crippen LogP contribution in [0.5, 0.6) is 0 Å². The van der Waals surface area contributed by atoms with Crippen molar-refractivity contribution in [3.8, 4) is 0 Å². The lowest BCUT2D eigenvalue weighted by Crippen LogP contribution is -2.12. The van der Waals surface area contributed by atoms with Crippen LogP contribution in [0.1, 0.15) is 0 Å². The molecule has 0 unspecified atom stereocenters. The normalized spacial score (nSPS) is 9.93. The second-order valence-corrected chi connectivity index (χ2v) is 3.96. The van der Waals surface area contributed by atoms with Crippen LogP contribution in [0.15, 0.2) is 41.5 Å². The smallest absolute Gasteiger partial charge is 0.266 e. The first-order valence-electron chi connectivity index (χ1n) is 4.32. The van der Waals surface area contributed by atoms with E-state index in [1.54, 1.807) is 0 Å². The van der Waals surface area contributed by atoms with Gasteiger partial charge in [0, 0.05) is 5.69 Å². The van der Waals surface area contributed by atoms with Crippen LogP contribution in [0.2, 0.25) is 0 Å². The molecule has 0 saturated carbocycles. The molecule has 2 rings (SSSR count). The Balaban J connectivity index is 2.33.